The quantitative estimate of drug-likeness (QED) is 0.707. The predicted molar refractivity (Wildman–Crippen MR) is 69.0 cm³/mol. The molecule has 1 heterocycles. The van der Waals surface area contributed by atoms with Crippen LogP contribution in [-0.4, -0.2) is 35.5 Å². The lowest BCUT2D eigenvalue weighted by molar-refractivity contribution is -0.123. The third-order valence-corrected chi connectivity index (χ3v) is 2.80. The summed E-state index contributed by atoms with van der Waals surface area (Å²) in [5.74, 6) is 2.27. The molecule has 1 fully saturated rings. The van der Waals surface area contributed by atoms with E-state index in [9.17, 15) is 9.59 Å². The van der Waals surface area contributed by atoms with Gasteiger partial charge in [0.25, 0.3) is 0 Å². The Labute approximate surface area is 109 Å². The number of terminal acetylenes is 1. The largest absolute Gasteiger partial charge is 0.444 e. The summed E-state index contributed by atoms with van der Waals surface area (Å²) in [6.07, 6.45) is 6.56. The lowest BCUT2D eigenvalue weighted by Crippen LogP contribution is -2.44. The lowest BCUT2D eigenvalue weighted by atomic mass is 9.92. The topological polar surface area (TPSA) is 46.6 Å². The molecule has 1 rings (SSSR count). The molecule has 0 bridgehead atoms. The molecular weight excluding hydrogens is 230 g/mol. The zero-order valence-electron chi connectivity index (χ0n) is 11.4. The summed E-state index contributed by atoms with van der Waals surface area (Å²) in [7, 11) is 0. The Morgan fingerprint density at radius 1 is 1.44 bits per heavy atom. The zero-order valence-corrected chi connectivity index (χ0v) is 11.4. The number of carbonyl (C=O) groups is 2. The first-order valence-corrected chi connectivity index (χ1v) is 6.27. The number of Topliss-reactive ketones (excluding diaryl/α,β-unsaturated/α-hetero) is 1. The highest BCUT2D eigenvalue weighted by Crippen LogP contribution is 2.20. The molecule has 0 unspecified atom stereocenters. The second-order valence-corrected chi connectivity index (χ2v) is 5.61. The van der Waals surface area contributed by atoms with Gasteiger partial charge in [-0.25, -0.2) is 4.79 Å². The lowest BCUT2D eigenvalue weighted by Gasteiger charge is -2.33. The first-order valence-electron chi connectivity index (χ1n) is 6.27. The van der Waals surface area contributed by atoms with Gasteiger partial charge in [0, 0.05) is 19.0 Å². The molecule has 0 aromatic rings. The SMILES string of the molecule is C#CCC(=O)[C@@H]1CCCN(C(=O)OC(C)(C)C)C1. The molecule has 1 atom stereocenters. The first kappa shape index (κ1) is 14.6. The van der Waals surface area contributed by atoms with Gasteiger partial charge in [0.1, 0.15) is 11.4 Å². The van der Waals surface area contributed by atoms with Crippen LogP contribution in [0, 0.1) is 18.3 Å². The number of likely N-dealkylation sites (tertiary alicyclic amines) is 1. The van der Waals surface area contributed by atoms with E-state index in [2.05, 4.69) is 5.92 Å². The van der Waals surface area contributed by atoms with E-state index in [4.69, 9.17) is 11.2 Å². The molecule has 1 aliphatic rings. The van der Waals surface area contributed by atoms with Gasteiger partial charge in [-0.1, -0.05) is 5.92 Å². The van der Waals surface area contributed by atoms with E-state index in [1.54, 1.807) is 4.90 Å². The Kier molecular flexibility index (Phi) is 4.77. The van der Waals surface area contributed by atoms with Crippen molar-refractivity contribution >= 4 is 11.9 Å². The van der Waals surface area contributed by atoms with Crippen molar-refractivity contribution in [3.05, 3.63) is 0 Å². The molecule has 0 radical (unpaired) electrons. The molecule has 18 heavy (non-hydrogen) atoms. The molecule has 0 N–H and O–H groups in total. The molecule has 1 saturated heterocycles. The van der Waals surface area contributed by atoms with Crippen molar-refractivity contribution in [3.63, 3.8) is 0 Å². The minimum absolute atomic E-state index is 0.0470. The van der Waals surface area contributed by atoms with Gasteiger partial charge in [0.2, 0.25) is 0 Å². The molecule has 1 amide bonds. The van der Waals surface area contributed by atoms with Crippen LogP contribution in [-0.2, 0) is 9.53 Å². The van der Waals surface area contributed by atoms with Gasteiger partial charge in [0.05, 0.1) is 6.42 Å². The average molecular weight is 251 g/mol. The van der Waals surface area contributed by atoms with E-state index in [0.29, 0.717) is 13.1 Å². The minimum Gasteiger partial charge on any atom is -0.444 e. The maximum absolute atomic E-state index is 11.9. The van der Waals surface area contributed by atoms with Gasteiger partial charge in [-0.05, 0) is 33.6 Å². The smallest absolute Gasteiger partial charge is 0.410 e. The number of hydrogen-bond acceptors (Lipinski definition) is 3. The zero-order chi connectivity index (χ0) is 13.8. The molecular formula is C14H21NO3. The van der Waals surface area contributed by atoms with Crippen molar-refractivity contribution in [2.75, 3.05) is 13.1 Å². The highest BCUT2D eigenvalue weighted by molar-refractivity contribution is 5.84. The number of carbonyl (C=O) groups excluding carboxylic acids is 2. The average Bonchev–Trinajstić information content (AvgIpc) is 2.27. The summed E-state index contributed by atoms with van der Waals surface area (Å²) in [5, 5.41) is 0. The van der Waals surface area contributed by atoms with Crippen LogP contribution < -0.4 is 0 Å². The standard InChI is InChI=1S/C14H21NO3/c1-5-7-12(16)11-8-6-9-15(10-11)13(17)18-14(2,3)4/h1,11H,6-10H2,2-4H3/t11-/m1/s1. The van der Waals surface area contributed by atoms with Crippen molar-refractivity contribution in [1.29, 1.82) is 0 Å². The molecule has 0 spiro atoms. The van der Waals surface area contributed by atoms with Crippen molar-refractivity contribution in [2.24, 2.45) is 5.92 Å². The van der Waals surface area contributed by atoms with Crippen LogP contribution in [0.15, 0.2) is 0 Å². The van der Waals surface area contributed by atoms with Gasteiger partial charge >= 0.3 is 6.09 Å². The molecule has 0 aromatic heterocycles. The fraction of sp³-hybridized carbons (Fsp3) is 0.714. The highest BCUT2D eigenvalue weighted by atomic mass is 16.6. The summed E-state index contributed by atoms with van der Waals surface area (Å²) in [4.78, 5) is 25.2. The van der Waals surface area contributed by atoms with Gasteiger partial charge in [-0.2, -0.15) is 0 Å². The van der Waals surface area contributed by atoms with E-state index < -0.39 is 5.60 Å². The molecule has 1 aliphatic heterocycles. The van der Waals surface area contributed by atoms with Crippen LogP contribution in [0.3, 0.4) is 0 Å². The number of amides is 1. The van der Waals surface area contributed by atoms with Crippen LogP contribution in [0.2, 0.25) is 0 Å². The summed E-state index contributed by atoms with van der Waals surface area (Å²) in [6.45, 7) is 6.56. The number of nitrogens with zero attached hydrogens (tertiary/aromatic N) is 1. The third kappa shape index (κ3) is 4.40. The molecule has 4 heteroatoms. The second kappa shape index (κ2) is 5.90. The number of rotatable bonds is 2. The Hall–Kier alpha value is -1.50. The molecule has 4 nitrogen and oxygen atoms in total. The number of ether oxygens (including phenoxy) is 1. The summed E-state index contributed by atoms with van der Waals surface area (Å²) in [6, 6.07) is 0. The van der Waals surface area contributed by atoms with Gasteiger partial charge in [-0.3, -0.25) is 4.79 Å². The Morgan fingerprint density at radius 2 is 2.11 bits per heavy atom. The van der Waals surface area contributed by atoms with Crippen molar-refractivity contribution < 1.29 is 14.3 Å². The van der Waals surface area contributed by atoms with Crippen molar-refractivity contribution in [2.45, 2.75) is 45.6 Å². The minimum atomic E-state index is -0.507. The summed E-state index contributed by atoms with van der Waals surface area (Å²) in [5.41, 5.74) is -0.507. The summed E-state index contributed by atoms with van der Waals surface area (Å²) >= 11 is 0. The monoisotopic (exact) mass is 251 g/mol. The maximum atomic E-state index is 11.9. The normalized spacial score (nSPS) is 20.1. The molecule has 0 aromatic carbocycles. The fourth-order valence-electron chi connectivity index (χ4n) is 1.98. The molecule has 100 valence electrons. The van der Waals surface area contributed by atoms with Crippen LogP contribution in [0.1, 0.15) is 40.0 Å². The van der Waals surface area contributed by atoms with E-state index in [1.807, 2.05) is 20.8 Å². The fourth-order valence-corrected chi connectivity index (χ4v) is 1.98. The van der Waals surface area contributed by atoms with Crippen LogP contribution in [0.25, 0.3) is 0 Å². The van der Waals surface area contributed by atoms with E-state index in [0.717, 1.165) is 12.8 Å². The van der Waals surface area contributed by atoms with E-state index in [-0.39, 0.29) is 24.2 Å². The molecule has 0 aliphatic carbocycles. The second-order valence-electron chi connectivity index (χ2n) is 5.61. The van der Waals surface area contributed by atoms with Gasteiger partial charge in [0.15, 0.2) is 0 Å². The van der Waals surface area contributed by atoms with Crippen molar-refractivity contribution in [3.8, 4) is 12.3 Å². The van der Waals surface area contributed by atoms with Crippen molar-refractivity contribution in [1.82, 2.24) is 4.90 Å². The predicted octanol–water partition coefficient (Wildman–Crippen LogP) is 2.23. The van der Waals surface area contributed by atoms with Gasteiger partial charge in [-0.15, -0.1) is 6.42 Å². The van der Waals surface area contributed by atoms with Crippen LogP contribution >= 0.6 is 0 Å². The number of piperidine rings is 1. The van der Waals surface area contributed by atoms with Gasteiger partial charge < -0.3 is 9.64 Å². The first-order chi connectivity index (χ1) is 8.33. The van der Waals surface area contributed by atoms with Crippen LogP contribution in [0.5, 0.6) is 0 Å². The van der Waals surface area contributed by atoms with E-state index in [1.165, 1.54) is 0 Å². The Balaban J connectivity index is 2.56. The number of ketones is 1. The Bertz CT molecular complexity index is 362. The van der Waals surface area contributed by atoms with E-state index >= 15 is 0 Å². The molecule has 0 saturated carbocycles. The van der Waals surface area contributed by atoms with Crippen LogP contribution in [0.4, 0.5) is 4.79 Å². The highest BCUT2D eigenvalue weighted by Gasteiger charge is 2.30. The Morgan fingerprint density at radius 3 is 2.67 bits per heavy atom. The third-order valence-electron chi connectivity index (χ3n) is 2.80. The maximum Gasteiger partial charge on any atom is 0.410 e. The number of hydrogen-bond donors (Lipinski definition) is 0. The summed E-state index contributed by atoms with van der Waals surface area (Å²) < 4.78 is 5.30.